The highest BCUT2D eigenvalue weighted by atomic mass is 16.5. The topological polar surface area (TPSA) is 489 Å². The number of nitrogens with zero attached hydrogens (tertiary/aromatic N) is 1. The Labute approximate surface area is 504 Å². The van der Waals surface area contributed by atoms with Crippen LogP contribution in [0.15, 0.2) is 54.6 Å². The van der Waals surface area contributed by atoms with Crippen LogP contribution in [0.2, 0.25) is 0 Å². The molecule has 31 heteroatoms. The van der Waals surface area contributed by atoms with Gasteiger partial charge in [-0.3, -0.25) is 53.4 Å². The Morgan fingerprint density at radius 1 is 0.678 bits per heavy atom. The fourth-order valence-corrected chi connectivity index (χ4v) is 8.77. The van der Waals surface area contributed by atoms with E-state index in [0.29, 0.717) is 11.3 Å². The van der Waals surface area contributed by atoms with Crippen molar-refractivity contribution in [3.05, 3.63) is 65.7 Å². The number of ether oxygens (including phenoxy) is 1. The summed E-state index contributed by atoms with van der Waals surface area (Å²) in [6.07, 6.45) is -7.20. The fraction of sp³-hybridized carbons (Fsp3) is 0.571. The first-order valence-electron chi connectivity index (χ1n) is 28.4. The summed E-state index contributed by atoms with van der Waals surface area (Å²) in [5.74, 6) is -14.5. The number of anilines is 1. The predicted octanol–water partition coefficient (Wildman–Crippen LogP) is -4.68. The highest BCUT2D eigenvalue weighted by molar-refractivity contribution is 6.00. The lowest BCUT2D eigenvalue weighted by atomic mass is 9.94. The number of carbonyl (C=O) groups is 11. The van der Waals surface area contributed by atoms with E-state index in [9.17, 15) is 68.4 Å². The van der Waals surface area contributed by atoms with E-state index in [0.717, 1.165) is 6.92 Å². The van der Waals surface area contributed by atoms with Crippen LogP contribution in [0.1, 0.15) is 91.3 Å². The first-order chi connectivity index (χ1) is 40.9. The van der Waals surface area contributed by atoms with E-state index < -0.39 is 169 Å². The van der Waals surface area contributed by atoms with Crippen molar-refractivity contribution in [1.82, 2.24) is 58.5 Å². The number of alkyl carbamates (subject to hydrolysis) is 1. The van der Waals surface area contributed by atoms with E-state index in [1.54, 1.807) is 89.2 Å². The molecule has 1 saturated heterocycles. The third-order valence-corrected chi connectivity index (χ3v) is 14.0. The van der Waals surface area contributed by atoms with Crippen LogP contribution in [-0.4, -0.2) is 192 Å². The third-order valence-electron chi connectivity index (χ3n) is 14.0. The summed E-state index contributed by atoms with van der Waals surface area (Å²) < 4.78 is 5.50. The van der Waals surface area contributed by atoms with Crippen LogP contribution in [0.4, 0.5) is 10.5 Å². The predicted molar refractivity (Wildman–Crippen MR) is 315 cm³/mol. The van der Waals surface area contributed by atoms with Gasteiger partial charge in [-0.05, 0) is 67.2 Å². The van der Waals surface area contributed by atoms with Crippen molar-refractivity contribution in [2.45, 2.75) is 153 Å². The number of aliphatic hydroxyl groups excluding tert-OH is 4. The molecule has 20 N–H and O–H groups in total. The van der Waals surface area contributed by atoms with Gasteiger partial charge in [0.2, 0.25) is 59.1 Å². The average molecular weight is 1230 g/mol. The monoisotopic (exact) mass is 1230 g/mol. The molecular formula is C56H87N15O16. The van der Waals surface area contributed by atoms with E-state index in [1.807, 2.05) is 5.32 Å². The minimum atomic E-state index is -2.54. The number of hydrogen-bond donors (Lipinski definition) is 18. The van der Waals surface area contributed by atoms with Gasteiger partial charge in [-0.1, -0.05) is 90.4 Å². The molecule has 1 fully saturated rings. The first-order valence-corrected chi connectivity index (χ1v) is 28.4. The molecule has 2 aromatic rings. The molecular weight excluding hydrogens is 1140 g/mol. The molecule has 1 aliphatic rings. The lowest BCUT2D eigenvalue weighted by Crippen LogP contribution is -2.64. The molecule has 3 rings (SSSR count). The van der Waals surface area contributed by atoms with Crippen molar-refractivity contribution in [2.75, 3.05) is 38.7 Å². The van der Waals surface area contributed by atoms with Crippen molar-refractivity contribution < 1.29 is 77.9 Å². The van der Waals surface area contributed by atoms with E-state index in [-0.39, 0.29) is 50.3 Å². The van der Waals surface area contributed by atoms with Crippen LogP contribution in [0, 0.1) is 23.2 Å². The second-order valence-corrected chi connectivity index (χ2v) is 22.1. The molecule has 87 heavy (non-hydrogen) atoms. The SMILES string of the molecule is CC[C@H](C)[C@@H]1NC(=O)[C@@H](CCCNC(=N)N)NC(=O)[C@H](CC(C)C)NC(=O)[C@H]([C@H](O)C(C)C)NC(=O)[C@@H](NC(=O)OCc2ccccc2)[C@@H](c2ccc(N(C)C)cc2)NC(=O)[C@H](CO)NC(=O)[C@H]([C@H](O)C(N)=O)NC(=O)CNC(=O)C([C@H](C)O)NC1=O. The van der Waals surface area contributed by atoms with Crippen molar-refractivity contribution >= 4 is 76.8 Å². The van der Waals surface area contributed by atoms with Gasteiger partial charge in [-0.15, -0.1) is 0 Å². The Kier molecular flexibility index (Phi) is 29.3. The van der Waals surface area contributed by atoms with E-state index >= 15 is 4.79 Å². The Balaban J connectivity index is 2.38. The Morgan fingerprint density at radius 2 is 1.23 bits per heavy atom. The van der Waals surface area contributed by atoms with Crippen molar-refractivity contribution in [3.8, 4) is 0 Å². The summed E-state index contributed by atoms with van der Waals surface area (Å²) in [4.78, 5) is 157. The summed E-state index contributed by atoms with van der Waals surface area (Å²) >= 11 is 0. The number of benzene rings is 2. The normalized spacial score (nSPS) is 24.2. The summed E-state index contributed by atoms with van der Waals surface area (Å²) in [5, 5.41) is 78.1. The molecule has 0 aromatic heterocycles. The van der Waals surface area contributed by atoms with Crippen LogP contribution in [0.3, 0.4) is 0 Å². The van der Waals surface area contributed by atoms with E-state index in [2.05, 4.69) is 53.2 Å². The maximum absolute atomic E-state index is 15.2. The summed E-state index contributed by atoms with van der Waals surface area (Å²) in [5.41, 5.74) is 12.0. The Hall–Kier alpha value is -8.68. The van der Waals surface area contributed by atoms with Gasteiger partial charge in [0.05, 0.1) is 31.4 Å². The van der Waals surface area contributed by atoms with Gasteiger partial charge in [-0.2, -0.15) is 0 Å². The Morgan fingerprint density at radius 3 is 1.78 bits per heavy atom. The zero-order valence-electron chi connectivity index (χ0n) is 50.3. The number of guanidine groups is 1. The van der Waals surface area contributed by atoms with Crippen LogP contribution < -0.4 is 74.9 Å². The quantitative estimate of drug-likeness (QED) is 0.0357. The summed E-state index contributed by atoms with van der Waals surface area (Å²) in [6, 6.07) is -2.22. The number of carbonyl (C=O) groups excluding carboxylic acids is 11. The lowest BCUT2D eigenvalue weighted by Gasteiger charge is -2.33. The third kappa shape index (κ3) is 22.9. The second-order valence-electron chi connectivity index (χ2n) is 22.1. The van der Waals surface area contributed by atoms with Gasteiger partial charge in [0.15, 0.2) is 12.1 Å². The van der Waals surface area contributed by atoms with Gasteiger partial charge >= 0.3 is 6.09 Å². The smallest absolute Gasteiger partial charge is 0.408 e. The zero-order chi connectivity index (χ0) is 65.4. The van der Waals surface area contributed by atoms with Crippen molar-refractivity contribution in [1.29, 1.82) is 5.41 Å². The fourth-order valence-electron chi connectivity index (χ4n) is 8.77. The van der Waals surface area contributed by atoms with Crippen LogP contribution in [0.5, 0.6) is 0 Å². The molecule has 0 saturated carbocycles. The molecule has 0 radical (unpaired) electrons. The summed E-state index contributed by atoms with van der Waals surface area (Å²) in [7, 11) is 3.43. The molecule has 1 heterocycles. The summed E-state index contributed by atoms with van der Waals surface area (Å²) in [6.45, 7) is 8.19. The van der Waals surface area contributed by atoms with E-state index in [4.69, 9.17) is 21.6 Å². The number of primary amides is 1. The average Bonchev–Trinajstić information content (AvgIpc) is 2.85. The molecule has 13 atom stereocenters. The maximum atomic E-state index is 15.2. The van der Waals surface area contributed by atoms with Crippen LogP contribution in [0.25, 0.3) is 0 Å². The van der Waals surface area contributed by atoms with Gasteiger partial charge in [0, 0.05) is 26.3 Å². The van der Waals surface area contributed by atoms with Crippen molar-refractivity contribution in [2.24, 2.45) is 29.2 Å². The largest absolute Gasteiger partial charge is 0.445 e. The number of hydrogen-bond acceptors (Lipinski definition) is 18. The standard InChI is InChI=1S/C56H87N15O16/c1-10-29(6)38-51(82)67-39(30(7)73)50(81)61-24-37(74)65-43(45(76)46(57)77)54(85)64-36(25-72)49(80)68-40(32-18-20-33(21-19-32)71(8)9)41(70-56(86)87-26-31-15-12-11-13-16-31)52(83)69-42(44(75)28(4)5)53(84)63-35(23-27(2)3)48(79)62-34(47(78)66-38)17-14-22-60-55(58)59/h11-13,15-16,18-21,27-30,34-36,38-45,72-73,75-76H,10,14,17,22-26H2,1-9H3,(H2,57,77)(H,61,81)(H,62,79)(H,63,84)(H,64,85)(H,65,74)(H,66,78)(H,67,82)(H,68,80)(H,69,83)(H,70,86)(H4,58,59,60)/t29-,30-,34+,35-,36-,38-,39?,40+,41-,42-,43-,44+,45-/m0/s1. The molecule has 1 aliphatic heterocycles. The highest BCUT2D eigenvalue weighted by Crippen LogP contribution is 2.23. The number of amides is 11. The molecule has 2 aromatic carbocycles. The molecule has 0 bridgehead atoms. The zero-order valence-corrected chi connectivity index (χ0v) is 50.3. The minimum Gasteiger partial charge on any atom is -0.445 e. The molecule has 31 nitrogen and oxygen atoms in total. The first kappa shape index (κ1) is 72.6. The van der Waals surface area contributed by atoms with Gasteiger partial charge in [0.25, 0.3) is 0 Å². The van der Waals surface area contributed by atoms with Gasteiger partial charge < -0.3 is 100 Å². The van der Waals surface area contributed by atoms with Crippen LogP contribution in [-0.2, 0) is 59.3 Å². The number of nitrogens with two attached hydrogens (primary N) is 2. The molecule has 1 unspecified atom stereocenters. The maximum Gasteiger partial charge on any atom is 0.408 e. The molecule has 482 valence electrons. The van der Waals surface area contributed by atoms with Gasteiger partial charge in [0.1, 0.15) is 54.9 Å². The molecule has 0 spiro atoms. The van der Waals surface area contributed by atoms with E-state index in [1.165, 1.54) is 26.0 Å². The number of nitrogens with one attached hydrogen (secondary N) is 12. The number of rotatable bonds is 19. The van der Waals surface area contributed by atoms with Crippen LogP contribution >= 0.6 is 0 Å². The second kappa shape index (κ2) is 35.1. The van der Waals surface area contributed by atoms with Crippen molar-refractivity contribution in [3.63, 3.8) is 0 Å². The molecule has 0 aliphatic carbocycles. The molecule has 11 amide bonds. The lowest BCUT2D eigenvalue weighted by molar-refractivity contribution is -0.140. The van der Waals surface area contributed by atoms with Gasteiger partial charge in [-0.25, -0.2) is 4.79 Å². The number of aliphatic hydroxyl groups is 4. The highest BCUT2D eigenvalue weighted by Gasteiger charge is 2.42. The minimum absolute atomic E-state index is 0.0300. The Bertz CT molecular complexity index is 2700.